The lowest BCUT2D eigenvalue weighted by Gasteiger charge is -2.08. The maximum absolute atomic E-state index is 13.3. The second-order valence-electron chi connectivity index (χ2n) is 4.44. The van der Waals surface area contributed by atoms with Crippen molar-refractivity contribution in [3.8, 4) is 5.75 Å². The van der Waals surface area contributed by atoms with Gasteiger partial charge in [-0.15, -0.1) is 0 Å². The highest BCUT2D eigenvalue weighted by atomic mass is 19.2. The number of hydrogen-bond donors (Lipinski definition) is 0. The minimum absolute atomic E-state index is 0.0541. The van der Waals surface area contributed by atoms with Crippen LogP contribution in [0.2, 0.25) is 0 Å². The molecule has 0 radical (unpaired) electrons. The van der Waals surface area contributed by atoms with Gasteiger partial charge in [0.05, 0.1) is 39.5 Å². The molecule has 0 aromatic heterocycles. The van der Waals surface area contributed by atoms with Crippen LogP contribution < -0.4 is 4.74 Å². The predicted octanol–water partition coefficient (Wildman–Crippen LogP) is 2.61. The lowest BCUT2D eigenvalue weighted by molar-refractivity contribution is -0.135. The average Bonchev–Trinajstić information content (AvgIpc) is 2.56. The lowest BCUT2D eigenvalue weighted by Crippen LogP contribution is -2.15. The Kier molecular flexibility index (Phi) is 9.28. The van der Waals surface area contributed by atoms with Gasteiger partial charge in [-0.3, -0.25) is 4.79 Å². The topological polar surface area (TPSA) is 54.0 Å². The second kappa shape index (κ2) is 11.0. The number of carbonyl (C=O) groups excluding carboxylic acids is 1. The SMILES string of the molecule is CCOCCOCCOCCC(=O)Oc1cc(F)c(F)c(F)c1F. The summed E-state index contributed by atoms with van der Waals surface area (Å²) in [4.78, 5) is 11.4. The molecule has 5 nitrogen and oxygen atoms in total. The molecule has 0 fully saturated rings. The molecule has 0 unspecified atom stereocenters. The van der Waals surface area contributed by atoms with E-state index >= 15 is 0 Å². The van der Waals surface area contributed by atoms with Crippen LogP contribution in [0.3, 0.4) is 0 Å². The van der Waals surface area contributed by atoms with E-state index in [1.165, 1.54) is 0 Å². The summed E-state index contributed by atoms with van der Waals surface area (Å²) < 4.78 is 71.7. The monoisotopic (exact) mass is 354 g/mol. The van der Waals surface area contributed by atoms with Crippen molar-refractivity contribution in [2.45, 2.75) is 13.3 Å². The zero-order valence-corrected chi connectivity index (χ0v) is 13.1. The van der Waals surface area contributed by atoms with Crippen LogP contribution in [-0.4, -0.2) is 45.6 Å². The first-order valence-corrected chi connectivity index (χ1v) is 7.24. The van der Waals surface area contributed by atoms with Crippen molar-refractivity contribution in [3.63, 3.8) is 0 Å². The quantitative estimate of drug-likeness (QED) is 0.153. The molecule has 0 amide bonds. The first kappa shape index (κ1) is 20.3. The molecule has 136 valence electrons. The Labute approximate surface area is 136 Å². The molecular weight excluding hydrogens is 336 g/mol. The molecular formula is C15H18F4O5. The smallest absolute Gasteiger partial charge is 0.313 e. The Morgan fingerprint density at radius 1 is 0.875 bits per heavy atom. The highest BCUT2D eigenvalue weighted by Gasteiger charge is 2.21. The van der Waals surface area contributed by atoms with Crippen molar-refractivity contribution in [2.75, 3.05) is 39.6 Å². The summed E-state index contributed by atoms with van der Waals surface area (Å²) in [6.45, 7) is 3.81. The van der Waals surface area contributed by atoms with Gasteiger partial charge in [-0.2, -0.15) is 4.39 Å². The summed E-state index contributed by atoms with van der Waals surface area (Å²) in [5.41, 5.74) is 0. The number of benzene rings is 1. The summed E-state index contributed by atoms with van der Waals surface area (Å²) in [7, 11) is 0. The Balaban J connectivity index is 2.23. The van der Waals surface area contributed by atoms with Crippen molar-refractivity contribution in [1.29, 1.82) is 0 Å². The summed E-state index contributed by atoms with van der Waals surface area (Å²) in [6.07, 6.45) is -0.279. The van der Waals surface area contributed by atoms with Gasteiger partial charge in [0.2, 0.25) is 11.6 Å². The van der Waals surface area contributed by atoms with Crippen molar-refractivity contribution in [1.82, 2.24) is 0 Å². The highest BCUT2D eigenvalue weighted by molar-refractivity contribution is 5.72. The van der Waals surface area contributed by atoms with Crippen LogP contribution in [0.1, 0.15) is 13.3 Å². The van der Waals surface area contributed by atoms with E-state index in [1.807, 2.05) is 6.92 Å². The van der Waals surface area contributed by atoms with E-state index in [0.29, 0.717) is 26.4 Å². The van der Waals surface area contributed by atoms with Gasteiger partial charge < -0.3 is 18.9 Å². The van der Waals surface area contributed by atoms with E-state index < -0.39 is 35.0 Å². The summed E-state index contributed by atoms with van der Waals surface area (Å²) >= 11 is 0. The van der Waals surface area contributed by atoms with Crippen molar-refractivity contribution in [3.05, 3.63) is 29.3 Å². The molecule has 1 aromatic carbocycles. The van der Waals surface area contributed by atoms with Crippen LogP contribution in [0.25, 0.3) is 0 Å². The van der Waals surface area contributed by atoms with Crippen LogP contribution in [0.15, 0.2) is 6.07 Å². The highest BCUT2D eigenvalue weighted by Crippen LogP contribution is 2.24. The minimum Gasteiger partial charge on any atom is -0.423 e. The molecule has 0 saturated heterocycles. The lowest BCUT2D eigenvalue weighted by atomic mass is 10.3. The molecule has 0 aliphatic rings. The largest absolute Gasteiger partial charge is 0.423 e. The molecule has 0 spiro atoms. The van der Waals surface area contributed by atoms with Gasteiger partial charge in [0.15, 0.2) is 17.4 Å². The van der Waals surface area contributed by atoms with E-state index in [4.69, 9.17) is 14.2 Å². The third kappa shape index (κ3) is 6.81. The molecule has 0 heterocycles. The number of carbonyl (C=O) groups is 1. The van der Waals surface area contributed by atoms with Crippen LogP contribution >= 0.6 is 0 Å². The Morgan fingerprint density at radius 3 is 2.08 bits per heavy atom. The van der Waals surface area contributed by atoms with Gasteiger partial charge in [-0.25, -0.2) is 13.2 Å². The average molecular weight is 354 g/mol. The summed E-state index contributed by atoms with van der Waals surface area (Å²) in [6, 6.07) is 0.263. The first-order chi connectivity index (χ1) is 11.5. The molecule has 1 rings (SSSR count). The third-order valence-corrected chi connectivity index (χ3v) is 2.69. The fraction of sp³-hybridized carbons (Fsp3) is 0.533. The van der Waals surface area contributed by atoms with E-state index in [-0.39, 0.29) is 25.7 Å². The van der Waals surface area contributed by atoms with E-state index in [0.717, 1.165) is 0 Å². The van der Waals surface area contributed by atoms with Crippen molar-refractivity contribution < 1.29 is 41.3 Å². The molecule has 1 aromatic rings. The van der Waals surface area contributed by atoms with Crippen LogP contribution in [-0.2, 0) is 19.0 Å². The molecule has 0 saturated carbocycles. The maximum Gasteiger partial charge on any atom is 0.313 e. The fourth-order valence-corrected chi connectivity index (χ4v) is 1.54. The van der Waals surface area contributed by atoms with Gasteiger partial charge in [0.25, 0.3) is 0 Å². The normalized spacial score (nSPS) is 10.9. The number of halogens is 4. The Bertz CT molecular complexity index is 539. The van der Waals surface area contributed by atoms with Gasteiger partial charge >= 0.3 is 5.97 Å². The number of esters is 1. The first-order valence-electron chi connectivity index (χ1n) is 7.24. The van der Waals surface area contributed by atoms with Crippen LogP contribution in [0, 0.1) is 23.3 Å². The van der Waals surface area contributed by atoms with Crippen LogP contribution in [0.4, 0.5) is 17.6 Å². The molecule has 0 bridgehead atoms. The van der Waals surface area contributed by atoms with Crippen molar-refractivity contribution >= 4 is 5.97 Å². The van der Waals surface area contributed by atoms with Gasteiger partial charge in [0, 0.05) is 12.7 Å². The van der Waals surface area contributed by atoms with Crippen LogP contribution in [0.5, 0.6) is 5.75 Å². The summed E-state index contributed by atoms with van der Waals surface area (Å²) in [5, 5.41) is 0. The zero-order chi connectivity index (χ0) is 17.9. The van der Waals surface area contributed by atoms with E-state index in [9.17, 15) is 22.4 Å². The fourth-order valence-electron chi connectivity index (χ4n) is 1.54. The van der Waals surface area contributed by atoms with Crippen molar-refractivity contribution in [2.24, 2.45) is 0 Å². The third-order valence-electron chi connectivity index (χ3n) is 2.69. The predicted molar refractivity (Wildman–Crippen MR) is 74.7 cm³/mol. The molecule has 24 heavy (non-hydrogen) atoms. The van der Waals surface area contributed by atoms with Gasteiger partial charge in [-0.05, 0) is 6.92 Å². The molecule has 9 heteroatoms. The standard InChI is InChI=1S/C15H18F4O5/c1-2-21-5-6-23-8-7-22-4-3-12(20)24-11-9-10(16)13(17)15(19)14(11)18/h9H,2-8H2,1H3. The Morgan fingerprint density at radius 2 is 1.46 bits per heavy atom. The zero-order valence-electron chi connectivity index (χ0n) is 13.1. The molecule has 0 aliphatic heterocycles. The Hall–Kier alpha value is -1.71. The molecule has 0 aliphatic carbocycles. The van der Waals surface area contributed by atoms with Gasteiger partial charge in [-0.1, -0.05) is 0 Å². The van der Waals surface area contributed by atoms with E-state index in [1.54, 1.807) is 0 Å². The summed E-state index contributed by atoms with van der Waals surface area (Å²) in [5.74, 6) is -9.44. The number of hydrogen-bond acceptors (Lipinski definition) is 5. The maximum atomic E-state index is 13.3. The minimum atomic E-state index is -2.04. The molecule has 0 N–H and O–H groups in total. The number of ether oxygens (including phenoxy) is 4. The second-order valence-corrected chi connectivity index (χ2v) is 4.44. The van der Waals surface area contributed by atoms with Gasteiger partial charge in [0.1, 0.15) is 0 Å². The number of rotatable bonds is 11. The van der Waals surface area contributed by atoms with E-state index in [2.05, 4.69) is 4.74 Å². The molecule has 0 atom stereocenters.